The molecular weight excluding hydrogens is 621 g/mol. The van der Waals surface area contributed by atoms with Crippen LogP contribution in [0.4, 0.5) is 11.6 Å². The van der Waals surface area contributed by atoms with E-state index in [1.807, 2.05) is 0 Å². The van der Waals surface area contributed by atoms with Gasteiger partial charge in [-0.25, -0.2) is 4.98 Å². The molecule has 1 aliphatic rings. The van der Waals surface area contributed by atoms with E-state index in [2.05, 4.69) is 32.1 Å². The molecule has 4 heterocycles. The Morgan fingerprint density at radius 3 is 2.44 bits per heavy atom. The van der Waals surface area contributed by atoms with Gasteiger partial charge < -0.3 is 24.8 Å². The molecule has 1 saturated heterocycles. The summed E-state index contributed by atoms with van der Waals surface area (Å²) < 4.78 is 17.9. The standard InChI is InChI=1S/C31H33Cl2N7O5/c1-4-25(41)37-21-6-5-20(35-18-21)7-9-40-29-19(17-36-31(38-29)34-8-10-39-11-13-45-14-12-39)15-22(30(40)42)26-27(32)23(43-2)16-24(44-3)28(26)33/h4-6,15-18H,1,7-14H2,2-3H3,(H,37,41)(H,34,36,38). The molecule has 45 heavy (non-hydrogen) atoms. The molecule has 5 rings (SSSR count). The second-order valence-corrected chi connectivity index (χ2v) is 10.9. The smallest absolute Gasteiger partial charge is 0.260 e. The first-order valence-corrected chi connectivity index (χ1v) is 15.0. The number of pyridine rings is 2. The predicted molar refractivity (Wildman–Crippen MR) is 175 cm³/mol. The normalized spacial score (nSPS) is 13.4. The lowest BCUT2D eigenvalue weighted by Gasteiger charge is -2.26. The van der Waals surface area contributed by atoms with E-state index in [0.717, 1.165) is 32.8 Å². The van der Waals surface area contributed by atoms with Gasteiger partial charge >= 0.3 is 0 Å². The monoisotopic (exact) mass is 653 g/mol. The number of carbonyl (C=O) groups is 1. The van der Waals surface area contributed by atoms with E-state index in [0.29, 0.717) is 52.8 Å². The van der Waals surface area contributed by atoms with Crippen LogP contribution in [0.15, 0.2) is 54.1 Å². The third-order valence-corrected chi connectivity index (χ3v) is 8.10. The largest absolute Gasteiger partial charge is 0.495 e. The molecular formula is C31H33Cl2N7O5. The summed E-state index contributed by atoms with van der Waals surface area (Å²) in [5, 5.41) is 6.90. The molecule has 0 radical (unpaired) electrons. The lowest BCUT2D eigenvalue weighted by molar-refractivity contribution is -0.111. The van der Waals surface area contributed by atoms with Crippen molar-refractivity contribution in [2.75, 3.05) is 64.2 Å². The van der Waals surface area contributed by atoms with Crippen molar-refractivity contribution < 1.29 is 19.0 Å². The SMILES string of the molecule is C=CC(=O)Nc1ccc(CCn2c(=O)c(-c3c(Cl)c(OC)cc(OC)c3Cl)cc3cnc(NCCN4CCOCC4)nc32)nc1. The first-order valence-electron chi connectivity index (χ1n) is 14.3. The van der Waals surface area contributed by atoms with Crippen LogP contribution in [0.25, 0.3) is 22.2 Å². The molecule has 0 atom stereocenters. The number of morpholine rings is 1. The molecule has 3 aromatic heterocycles. The van der Waals surface area contributed by atoms with Gasteiger partial charge in [0, 0.05) is 68.1 Å². The highest BCUT2D eigenvalue weighted by atomic mass is 35.5. The van der Waals surface area contributed by atoms with Gasteiger partial charge in [0.2, 0.25) is 11.9 Å². The van der Waals surface area contributed by atoms with Crippen LogP contribution in [0.1, 0.15) is 5.69 Å². The van der Waals surface area contributed by atoms with Crippen molar-refractivity contribution in [2.24, 2.45) is 0 Å². The molecule has 0 bridgehead atoms. The van der Waals surface area contributed by atoms with E-state index in [-0.39, 0.29) is 39.2 Å². The van der Waals surface area contributed by atoms with E-state index in [1.165, 1.54) is 20.3 Å². The van der Waals surface area contributed by atoms with Crippen molar-refractivity contribution >= 4 is 51.8 Å². The Kier molecular flexibility index (Phi) is 10.5. The Balaban J connectivity index is 1.53. The van der Waals surface area contributed by atoms with E-state index < -0.39 is 0 Å². The van der Waals surface area contributed by atoms with Gasteiger partial charge in [-0.05, 0) is 24.3 Å². The van der Waals surface area contributed by atoms with Crippen LogP contribution in [0.5, 0.6) is 11.5 Å². The van der Waals surface area contributed by atoms with Gasteiger partial charge in [-0.15, -0.1) is 0 Å². The van der Waals surface area contributed by atoms with Crippen molar-refractivity contribution in [2.45, 2.75) is 13.0 Å². The molecule has 14 heteroatoms. The Labute approximate surface area is 269 Å². The predicted octanol–water partition coefficient (Wildman–Crippen LogP) is 4.29. The maximum atomic E-state index is 14.2. The summed E-state index contributed by atoms with van der Waals surface area (Å²) in [5.74, 6) is 0.682. The van der Waals surface area contributed by atoms with Crippen molar-refractivity contribution in [3.05, 3.63) is 75.4 Å². The summed E-state index contributed by atoms with van der Waals surface area (Å²) in [7, 11) is 2.94. The number of nitrogens with one attached hydrogen (secondary N) is 2. The lowest BCUT2D eigenvalue weighted by Crippen LogP contribution is -2.39. The molecule has 1 amide bonds. The van der Waals surface area contributed by atoms with Gasteiger partial charge in [-0.3, -0.25) is 24.0 Å². The van der Waals surface area contributed by atoms with Crippen LogP contribution in [-0.4, -0.2) is 83.9 Å². The minimum Gasteiger partial charge on any atom is -0.495 e. The number of nitrogens with zero attached hydrogens (tertiary/aromatic N) is 5. The molecule has 4 aromatic rings. The number of carbonyl (C=O) groups excluding carboxylic acids is 1. The second kappa shape index (κ2) is 14.7. The summed E-state index contributed by atoms with van der Waals surface area (Å²) in [5.41, 5.74) is 1.82. The van der Waals surface area contributed by atoms with Crippen LogP contribution in [0.2, 0.25) is 10.0 Å². The second-order valence-electron chi connectivity index (χ2n) is 10.1. The van der Waals surface area contributed by atoms with E-state index >= 15 is 0 Å². The number of aryl methyl sites for hydroxylation is 2. The number of hydrogen-bond donors (Lipinski definition) is 2. The third-order valence-electron chi connectivity index (χ3n) is 7.35. The van der Waals surface area contributed by atoms with E-state index in [9.17, 15) is 9.59 Å². The van der Waals surface area contributed by atoms with Crippen LogP contribution in [0, 0.1) is 0 Å². The molecule has 0 spiro atoms. The Morgan fingerprint density at radius 2 is 1.80 bits per heavy atom. The van der Waals surface area contributed by atoms with Crippen molar-refractivity contribution in [1.29, 1.82) is 0 Å². The van der Waals surface area contributed by atoms with E-state index in [1.54, 1.807) is 41.2 Å². The zero-order valence-electron chi connectivity index (χ0n) is 24.9. The number of benzene rings is 1. The topological polar surface area (TPSA) is 133 Å². The number of ether oxygens (including phenoxy) is 3. The van der Waals surface area contributed by atoms with Crippen LogP contribution >= 0.6 is 23.2 Å². The van der Waals surface area contributed by atoms with Gasteiger partial charge in [0.05, 0.1) is 54.9 Å². The zero-order valence-corrected chi connectivity index (χ0v) is 26.5. The first-order chi connectivity index (χ1) is 21.8. The van der Waals surface area contributed by atoms with Crippen molar-refractivity contribution in [1.82, 2.24) is 24.4 Å². The number of methoxy groups -OCH3 is 2. The number of anilines is 2. The fourth-order valence-corrected chi connectivity index (χ4v) is 5.67. The van der Waals surface area contributed by atoms with Gasteiger partial charge in [0.25, 0.3) is 5.56 Å². The fourth-order valence-electron chi connectivity index (χ4n) is 4.97. The molecule has 2 N–H and O–H groups in total. The average Bonchev–Trinajstić information content (AvgIpc) is 3.06. The zero-order chi connectivity index (χ0) is 31.9. The number of fused-ring (bicyclic) bond motifs is 1. The van der Waals surface area contributed by atoms with Gasteiger partial charge in [0.15, 0.2) is 0 Å². The number of aromatic nitrogens is 4. The van der Waals surface area contributed by atoms with E-state index in [4.69, 9.17) is 42.4 Å². The molecule has 0 saturated carbocycles. The average molecular weight is 655 g/mol. The third kappa shape index (κ3) is 7.36. The number of rotatable bonds is 12. The molecule has 12 nitrogen and oxygen atoms in total. The van der Waals surface area contributed by atoms with Gasteiger partial charge in [0.1, 0.15) is 17.1 Å². The quantitative estimate of drug-likeness (QED) is 0.213. The highest BCUT2D eigenvalue weighted by Crippen LogP contribution is 2.45. The maximum Gasteiger partial charge on any atom is 0.260 e. The van der Waals surface area contributed by atoms with Crippen molar-refractivity contribution in [3.63, 3.8) is 0 Å². The molecule has 1 aliphatic heterocycles. The Morgan fingerprint density at radius 1 is 1.07 bits per heavy atom. The van der Waals surface area contributed by atoms with Gasteiger partial charge in [-0.1, -0.05) is 29.8 Å². The summed E-state index contributed by atoms with van der Waals surface area (Å²) in [4.78, 5) is 41.9. The van der Waals surface area contributed by atoms with Crippen LogP contribution < -0.4 is 25.7 Å². The fraction of sp³-hybridized carbons (Fsp3) is 0.323. The van der Waals surface area contributed by atoms with Crippen LogP contribution in [0.3, 0.4) is 0 Å². The Bertz CT molecular complexity index is 1730. The molecule has 0 aliphatic carbocycles. The highest BCUT2D eigenvalue weighted by molar-refractivity contribution is 6.41. The number of amides is 1. The lowest BCUT2D eigenvalue weighted by atomic mass is 10.0. The van der Waals surface area contributed by atoms with Crippen molar-refractivity contribution in [3.8, 4) is 22.6 Å². The molecule has 236 valence electrons. The first kappa shape index (κ1) is 32.2. The van der Waals surface area contributed by atoms with Crippen LogP contribution in [-0.2, 0) is 22.5 Å². The van der Waals surface area contributed by atoms with Gasteiger partial charge in [-0.2, -0.15) is 4.98 Å². The minimum atomic E-state index is -0.366. The minimum absolute atomic E-state index is 0.174. The number of hydrogen-bond acceptors (Lipinski definition) is 10. The summed E-state index contributed by atoms with van der Waals surface area (Å²) >= 11 is 13.4. The Hall–Kier alpha value is -4.23. The summed E-state index contributed by atoms with van der Waals surface area (Å²) in [6.07, 6.45) is 4.78. The summed E-state index contributed by atoms with van der Waals surface area (Å²) in [6.45, 7) is 8.30. The molecule has 1 aromatic carbocycles. The summed E-state index contributed by atoms with van der Waals surface area (Å²) in [6, 6.07) is 6.76. The highest BCUT2D eigenvalue weighted by Gasteiger charge is 2.23. The number of halogens is 2. The maximum absolute atomic E-state index is 14.2. The molecule has 0 unspecified atom stereocenters. The molecule has 1 fully saturated rings.